The zero-order valence-electron chi connectivity index (χ0n) is 12.6. The van der Waals surface area contributed by atoms with E-state index in [1.54, 1.807) is 11.3 Å². The lowest BCUT2D eigenvalue weighted by molar-refractivity contribution is 0.318. The summed E-state index contributed by atoms with van der Waals surface area (Å²) in [5.41, 5.74) is 6.73. The van der Waals surface area contributed by atoms with Crippen LogP contribution >= 0.6 is 11.3 Å². The first-order valence-corrected chi connectivity index (χ1v) is 7.76. The highest BCUT2D eigenvalue weighted by Crippen LogP contribution is 2.25. The van der Waals surface area contributed by atoms with Gasteiger partial charge in [-0.1, -0.05) is 12.1 Å². The predicted octanol–water partition coefficient (Wildman–Crippen LogP) is 3.41. The van der Waals surface area contributed by atoms with Crippen LogP contribution in [0.15, 0.2) is 17.6 Å². The lowest BCUT2D eigenvalue weighted by Gasteiger charge is -2.14. The second-order valence-electron chi connectivity index (χ2n) is 5.05. The number of ether oxygens (including phenoxy) is 1. The van der Waals surface area contributed by atoms with Gasteiger partial charge in [-0.2, -0.15) is 0 Å². The molecule has 0 saturated carbocycles. The number of aromatic nitrogens is 1. The van der Waals surface area contributed by atoms with E-state index in [0.717, 1.165) is 24.4 Å². The number of rotatable bonds is 6. The second-order valence-corrected chi connectivity index (χ2v) is 5.99. The number of thiazole rings is 1. The molecule has 1 N–H and O–H groups in total. The van der Waals surface area contributed by atoms with Crippen molar-refractivity contribution in [2.24, 2.45) is 0 Å². The number of hydrogen-bond acceptors (Lipinski definition) is 4. The molecule has 2 rings (SSSR count). The van der Waals surface area contributed by atoms with Crippen molar-refractivity contribution in [3.05, 3.63) is 44.9 Å². The monoisotopic (exact) mass is 290 g/mol. The van der Waals surface area contributed by atoms with Gasteiger partial charge in [-0.25, -0.2) is 4.98 Å². The van der Waals surface area contributed by atoms with Gasteiger partial charge in [0.1, 0.15) is 5.75 Å². The molecule has 0 unspecified atom stereocenters. The first-order chi connectivity index (χ1) is 9.61. The van der Waals surface area contributed by atoms with Gasteiger partial charge in [0.05, 0.1) is 17.8 Å². The molecule has 0 amide bonds. The number of nitrogens with zero attached hydrogens (tertiary/aromatic N) is 1. The van der Waals surface area contributed by atoms with Crippen LogP contribution in [-0.4, -0.2) is 18.6 Å². The Labute approximate surface area is 125 Å². The maximum atomic E-state index is 5.99. The van der Waals surface area contributed by atoms with Gasteiger partial charge >= 0.3 is 0 Å². The summed E-state index contributed by atoms with van der Waals surface area (Å²) in [5.74, 6) is 1.02. The summed E-state index contributed by atoms with van der Waals surface area (Å²) in [5, 5.41) is 3.18. The van der Waals surface area contributed by atoms with Gasteiger partial charge in [-0.3, -0.25) is 0 Å². The molecular formula is C16H22N2OS. The van der Waals surface area contributed by atoms with Crippen LogP contribution in [0.25, 0.3) is 0 Å². The minimum atomic E-state index is 0.704. The summed E-state index contributed by atoms with van der Waals surface area (Å²) in [4.78, 5) is 5.58. The fourth-order valence-corrected chi connectivity index (χ4v) is 3.15. The third-order valence-corrected chi connectivity index (χ3v) is 4.32. The van der Waals surface area contributed by atoms with E-state index in [0.29, 0.717) is 6.61 Å². The molecule has 0 aliphatic heterocycles. The Morgan fingerprint density at radius 1 is 1.20 bits per heavy atom. The van der Waals surface area contributed by atoms with E-state index < -0.39 is 0 Å². The molecule has 0 aliphatic carbocycles. The van der Waals surface area contributed by atoms with E-state index in [9.17, 15) is 0 Å². The van der Waals surface area contributed by atoms with Crippen LogP contribution in [0.1, 0.15) is 27.3 Å². The summed E-state index contributed by atoms with van der Waals surface area (Å²) >= 11 is 1.70. The van der Waals surface area contributed by atoms with Crippen molar-refractivity contribution >= 4 is 11.3 Å². The van der Waals surface area contributed by atoms with Gasteiger partial charge in [0.2, 0.25) is 0 Å². The van der Waals surface area contributed by atoms with E-state index in [2.05, 4.69) is 43.2 Å². The normalized spacial score (nSPS) is 10.8. The molecule has 3 nitrogen and oxygen atoms in total. The minimum absolute atomic E-state index is 0.704. The number of benzene rings is 1. The van der Waals surface area contributed by atoms with Crippen LogP contribution in [0.2, 0.25) is 0 Å². The molecule has 0 bridgehead atoms. The highest BCUT2D eigenvalue weighted by molar-refractivity contribution is 7.09. The van der Waals surface area contributed by atoms with E-state index >= 15 is 0 Å². The van der Waals surface area contributed by atoms with Crippen LogP contribution in [0, 0.1) is 20.8 Å². The molecule has 2 aromatic rings. The van der Waals surface area contributed by atoms with Crippen molar-refractivity contribution < 1.29 is 4.74 Å². The lowest BCUT2D eigenvalue weighted by atomic mass is 10.1. The van der Waals surface area contributed by atoms with Crippen molar-refractivity contribution in [3.63, 3.8) is 0 Å². The molecule has 0 spiro atoms. The van der Waals surface area contributed by atoms with Crippen LogP contribution in [-0.2, 0) is 13.0 Å². The molecule has 0 saturated heterocycles. The van der Waals surface area contributed by atoms with Crippen molar-refractivity contribution in [1.29, 1.82) is 0 Å². The van der Waals surface area contributed by atoms with Gasteiger partial charge < -0.3 is 10.1 Å². The average Bonchev–Trinajstić information content (AvgIpc) is 2.79. The van der Waals surface area contributed by atoms with Crippen LogP contribution < -0.4 is 10.1 Å². The molecular weight excluding hydrogens is 268 g/mol. The Hall–Kier alpha value is -1.39. The Morgan fingerprint density at radius 3 is 2.45 bits per heavy atom. The Kier molecular flexibility index (Phi) is 5.15. The maximum absolute atomic E-state index is 5.99. The van der Waals surface area contributed by atoms with Gasteiger partial charge in [0, 0.05) is 17.8 Å². The molecule has 0 fully saturated rings. The Balaban J connectivity index is 2.01. The molecule has 4 heteroatoms. The molecule has 1 heterocycles. The van der Waals surface area contributed by atoms with Crippen LogP contribution in [0.4, 0.5) is 0 Å². The Bertz CT molecular complexity index is 555. The standard InChI is InChI=1S/C16H22N2OS/c1-11-7-14(9-17-4)8-12(2)16(11)19-6-5-15-13(3)18-10-20-15/h7-8,10,17H,5-6,9H2,1-4H3. The topological polar surface area (TPSA) is 34.1 Å². The Morgan fingerprint density at radius 2 is 1.90 bits per heavy atom. The van der Waals surface area contributed by atoms with Crippen molar-refractivity contribution in [2.75, 3.05) is 13.7 Å². The molecule has 1 aromatic carbocycles. The van der Waals surface area contributed by atoms with Gasteiger partial charge in [0.25, 0.3) is 0 Å². The van der Waals surface area contributed by atoms with Crippen LogP contribution in [0.3, 0.4) is 0 Å². The van der Waals surface area contributed by atoms with Gasteiger partial charge in [0.15, 0.2) is 0 Å². The van der Waals surface area contributed by atoms with E-state index in [1.165, 1.54) is 21.6 Å². The first kappa shape index (κ1) is 15.0. The van der Waals surface area contributed by atoms with Gasteiger partial charge in [-0.05, 0) is 44.5 Å². The highest BCUT2D eigenvalue weighted by Gasteiger charge is 2.07. The fourth-order valence-electron chi connectivity index (χ4n) is 2.39. The third-order valence-electron chi connectivity index (χ3n) is 3.32. The fraction of sp³-hybridized carbons (Fsp3) is 0.438. The summed E-state index contributed by atoms with van der Waals surface area (Å²) in [6, 6.07) is 4.38. The number of nitrogens with one attached hydrogen (secondary N) is 1. The van der Waals surface area contributed by atoms with E-state index in [-0.39, 0.29) is 0 Å². The first-order valence-electron chi connectivity index (χ1n) is 6.88. The smallest absolute Gasteiger partial charge is 0.125 e. The molecule has 1 aromatic heterocycles. The molecule has 0 atom stereocenters. The SMILES string of the molecule is CNCc1cc(C)c(OCCc2scnc2C)c(C)c1. The molecule has 0 aliphatic rings. The zero-order chi connectivity index (χ0) is 14.5. The maximum Gasteiger partial charge on any atom is 0.125 e. The number of aryl methyl sites for hydroxylation is 3. The average molecular weight is 290 g/mol. The van der Waals surface area contributed by atoms with Crippen molar-refractivity contribution in [1.82, 2.24) is 10.3 Å². The summed E-state index contributed by atoms with van der Waals surface area (Å²) < 4.78 is 5.99. The number of hydrogen-bond donors (Lipinski definition) is 1. The summed E-state index contributed by atoms with van der Waals surface area (Å²) in [6.45, 7) is 7.87. The van der Waals surface area contributed by atoms with Crippen molar-refractivity contribution in [2.45, 2.75) is 33.7 Å². The molecule has 0 radical (unpaired) electrons. The zero-order valence-corrected chi connectivity index (χ0v) is 13.4. The molecule has 108 valence electrons. The highest BCUT2D eigenvalue weighted by atomic mass is 32.1. The largest absolute Gasteiger partial charge is 0.493 e. The summed E-state index contributed by atoms with van der Waals surface area (Å²) in [6.07, 6.45) is 0.924. The minimum Gasteiger partial charge on any atom is -0.493 e. The third kappa shape index (κ3) is 3.58. The van der Waals surface area contributed by atoms with Crippen LogP contribution in [0.5, 0.6) is 5.75 Å². The summed E-state index contributed by atoms with van der Waals surface area (Å²) in [7, 11) is 1.96. The molecule has 20 heavy (non-hydrogen) atoms. The van der Waals surface area contributed by atoms with E-state index in [1.807, 2.05) is 12.6 Å². The lowest BCUT2D eigenvalue weighted by Crippen LogP contribution is -2.08. The van der Waals surface area contributed by atoms with Crippen molar-refractivity contribution in [3.8, 4) is 5.75 Å². The van der Waals surface area contributed by atoms with Gasteiger partial charge in [-0.15, -0.1) is 11.3 Å². The predicted molar refractivity (Wildman–Crippen MR) is 84.7 cm³/mol. The second kappa shape index (κ2) is 6.86. The quantitative estimate of drug-likeness (QED) is 0.885. The van der Waals surface area contributed by atoms with E-state index in [4.69, 9.17) is 4.74 Å².